The van der Waals surface area contributed by atoms with Crippen LogP contribution in [-0.4, -0.2) is 43.2 Å². The van der Waals surface area contributed by atoms with Crippen molar-refractivity contribution in [2.45, 2.75) is 45.3 Å². The van der Waals surface area contributed by atoms with Gasteiger partial charge in [0.25, 0.3) is 5.91 Å². The van der Waals surface area contributed by atoms with E-state index in [2.05, 4.69) is 16.0 Å². The quantitative estimate of drug-likeness (QED) is 0.743. The standard InChI is InChI=1S/C18H27N3O3/c1-18(2,3)21-17(23)13-6-8-14(9-7-13)20-16(22)12-19-11-15-5-4-10-24-15/h6-9,15,19H,4-5,10-12H2,1-3H3,(H,20,22)(H,21,23). The summed E-state index contributed by atoms with van der Waals surface area (Å²) in [5.41, 5.74) is 0.962. The van der Waals surface area contributed by atoms with Crippen LogP contribution < -0.4 is 16.0 Å². The van der Waals surface area contributed by atoms with Gasteiger partial charge in [0.1, 0.15) is 0 Å². The molecule has 1 aliphatic heterocycles. The maximum absolute atomic E-state index is 12.0. The average Bonchev–Trinajstić information content (AvgIpc) is 2.99. The molecule has 0 saturated carbocycles. The number of rotatable bonds is 6. The number of benzene rings is 1. The smallest absolute Gasteiger partial charge is 0.251 e. The Kier molecular flexibility index (Phi) is 6.34. The van der Waals surface area contributed by atoms with Crippen molar-refractivity contribution in [2.75, 3.05) is 25.0 Å². The van der Waals surface area contributed by atoms with Gasteiger partial charge in [-0.25, -0.2) is 0 Å². The number of carbonyl (C=O) groups is 2. The normalized spacial score (nSPS) is 17.5. The van der Waals surface area contributed by atoms with Gasteiger partial charge < -0.3 is 20.7 Å². The summed E-state index contributed by atoms with van der Waals surface area (Å²) in [4.78, 5) is 23.9. The molecule has 132 valence electrons. The summed E-state index contributed by atoms with van der Waals surface area (Å²) >= 11 is 0. The summed E-state index contributed by atoms with van der Waals surface area (Å²) < 4.78 is 5.49. The maximum atomic E-state index is 12.0. The minimum absolute atomic E-state index is 0.111. The molecule has 6 nitrogen and oxygen atoms in total. The largest absolute Gasteiger partial charge is 0.377 e. The third kappa shape index (κ3) is 6.29. The predicted octanol–water partition coefficient (Wildman–Crippen LogP) is 1.92. The van der Waals surface area contributed by atoms with Crippen molar-refractivity contribution >= 4 is 17.5 Å². The molecule has 6 heteroatoms. The van der Waals surface area contributed by atoms with Gasteiger partial charge in [-0.1, -0.05) is 0 Å². The Morgan fingerprint density at radius 1 is 1.21 bits per heavy atom. The van der Waals surface area contributed by atoms with Gasteiger partial charge in [0.15, 0.2) is 0 Å². The molecule has 0 aromatic heterocycles. The molecule has 1 unspecified atom stereocenters. The Bertz CT molecular complexity index is 558. The number of ether oxygens (including phenoxy) is 1. The van der Waals surface area contributed by atoms with E-state index in [1.165, 1.54) is 0 Å². The van der Waals surface area contributed by atoms with E-state index in [-0.39, 0.29) is 30.0 Å². The SMILES string of the molecule is CC(C)(C)NC(=O)c1ccc(NC(=O)CNCC2CCCO2)cc1. The molecule has 0 bridgehead atoms. The Hall–Kier alpha value is -1.92. The Morgan fingerprint density at radius 2 is 1.92 bits per heavy atom. The van der Waals surface area contributed by atoms with Crippen LogP contribution in [-0.2, 0) is 9.53 Å². The first kappa shape index (κ1) is 18.4. The second-order valence-corrected chi connectivity index (χ2v) is 7.10. The molecule has 2 rings (SSSR count). The van der Waals surface area contributed by atoms with Crippen LogP contribution in [0, 0.1) is 0 Å². The van der Waals surface area contributed by atoms with Crippen LogP contribution in [0.5, 0.6) is 0 Å². The molecule has 0 aliphatic carbocycles. The highest BCUT2D eigenvalue weighted by Crippen LogP contribution is 2.12. The van der Waals surface area contributed by atoms with E-state index >= 15 is 0 Å². The van der Waals surface area contributed by atoms with Crippen LogP contribution in [0.25, 0.3) is 0 Å². The minimum Gasteiger partial charge on any atom is -0.377 e. The average molecular weight is 333 g/mol. The zero-order valence-corrected chi connectivity index (χ0v) is 14.6. The zero-order chi connectivity index (χ0) is 17.6. The fourth-order valence-electron chi connectivity index (χ4n) is 2.47. The second-order valence-electron chi connectivity index (χ2n) is 7.10. The van der Waals surface area contributed by atoms with Crippen molar-refractivity contribution in [3.63, 3.8) is 0 Å². The number of anilines is 1. The summed E-state index contributed by atoms with van der Waals surface area (Å²) in [6.07, 6.45) is 2.36. The Balaban J connectivity index is 1.76. The van der Waals surface area contributed by atoms with Crippen molar-refractivity contribution in [3.05, 3.63) is 29.8 Å². The van der Waals surface area contributed by atoms with Gasteiger partial charge >= 0.3 is 0 Å². The third-order valence-corrected chi connectivity index (χ3v) is 3.60. The molecule has 24 heavy (non-hydrogen) atoms. The summed E-state index contributed by atoms with van der Waals surface area (Å²) in [7, 11) is 0. The molecule has 1 fully saturated rings. The number of amides is 2. The lowest BCUT2D eigenvalue weighted by atomic mass is 10.1. The molecule has 0 spiro atoms. The van der Waals surface area contributed by atoms with Gasteiger partial charge in [0.05, 0.1) is 12.6 Å². The molecule has 1 aliphatic rings. The molecule has 3 N–H and O–H groups in total. The number of hydrogen-bond donors (Lipinski definition) is 3. The Labute approximate surface area is 143 Å². The molecule has 1 saturated heterocycles. The van der Waals surface area contributed by atoms with Crippen molar-refractivity contribution < 1.29 is 14.3 Å². The molecule has 1 aromatic rings. The highest BCUT2D eigenvalue weighted by Gasteiger charge is 2.16. The molecule has 1 heterocycles. The van der Waals surface area contributed by atoms with E-state index in [9.17, 15) is 9.59 Å². The molecular weight excluding hydrogens is 306 g/mol. The van der Waals surface area contributed by atoms with Crippen molar-refractivity contribution in [1.82, 2.24) is 10.6 Å². The Morgan fingerprint density at radius 3 is 2.50 bits per heavy atom. The van der Waals surface area contributed by atoms with Gasteiger partial charge in [0.2, 0.25) is 5.91 Å². The van der Waals surface area contributed by atoms with Crippen molar-refractivity contribution in [1.29, 1.82) is 0 Å². The van der Waals surface area contributed by atoms with Crippen molar-refractivity contribution in [3.8, 4) is 0 Å². The maximum Gasteiger partial charge on any atom is 0.251 e. The molecule has 0 radical (unpaired) electrons. The van der Waals surface area contributed by atoms with E-state index in [4.69, 9.17) is 4.74 Å². The highest BCUT2D eigenvalue weighted by atomic mass is 16.5. The first-order chi connectivity index (χ1) is 11.3. The van der Waals surface area contributed by atoms with Gasteiger partial charge in [-0.3, -0.25) is 9.59 Å². The fraction of sp³-hybridized carbons (Fsp3) is 0.556. The lowest BCUT2D eigenvalue weighted by Gasteiger charge is -2.20. The number of hydrogen-bond acceptors (Lipinski definition) is 4. The van der Waals surface area contributed by atoms with Gasteiger partial charge in [-0.05, 0) is 57.9 Å². The van der Waals surface area contributed by atoms with E-state index in [0.717, 1.165) is 19.4 Å². The molecule has 1 atom stereocenters. The van der Waals surface area contributed by atoms with Crippen LogP contribution in [0.4, 0.5) is 5.69 Å². The van der Waals surface area contributed by atoms with Crippen LogP contribution in [0.2, 0.25) is 0 Å². The van der Waals surface area contributed by atoms with Crippen LogP contribution in [0.3, 0.4) is 0 Å². The first-order valence-corrected chi connectivity index (χ1v) is 8.38. The van der Waals surface area contributed by atoms with Crippen LogP contribution in [0.15, 0.2) is 24.3 Å². The summed E-state index contributed by atoms with van der Waals surface area (Å²) in [5, 5.41) is 8.81. The monoisotopic (exact) mass is 333 g/mol. The summed E-state index contributed by atoms with van der Waals surface area (Å²) in [6.45, 7) is 7.55. The highest BCUT2D eigenvalue weighted by molar-refractivity contribution is 5.96. The molecule has 1 aromatic carbocycles. The minimum atomic E-state index is -0.279. The number of nitrogens with one attached hydrogen (secondary N) is 3. The molecule has 2 amide bonds. The van der Waals surface area contributed by atoms with Crippen LogP contribution >= 0.6 is 0 Å². The molecular formula is C18H27N3O3. The van der Waals surface area contributed by atoms with E-state index in [1.54, 1.807) is 24.3 Å². The van der Waals surface area contributed by atoms with Crippen LogP contribution in [0.1, 0.15) is 44.0 Å². The summed E-state index contributed by atoms with van der Waals surface area (Å²) in [5.74, 6) is -0.238. The fourth-order valence-corrected chi connectivity index (χ4v) is 2.47. The van der Waals surface area contributed by atoms with Gasteiger partial charge in [-0.2, -0.15) is 0 Å². The third-order valence-electron chi connectivity index (χ3n) is 3.60. The topological polar surface area (TPSA) is 79.5 Å². The van der Waals surface area contributed by atoms with E-state index < -0.39 is 0 Å². The van der Waals surface area contributed by atoms with Crippen molar-refractivity contribution in [2.24, 2.45) is 0 Å². The van der Waals surface area contributed by atoms with E-state index in [0.29, 0.717) is 17.8 Å². The van der Waals surface area contributed by atoms with Gasteiger partial charge in [-0.15, -0.1) is 0 Å². The first-order valence-electron chi connectivity index (χ1n) is 8.38. The lowest BCUT2D eigenvalue weighted by Crippen LogP contribution is -2.40. The summed E-state index contributed by atoms with van der Waals surface area (Å²) in [6, 6.07) is 6.87. The lowest BCUT2D eigenvalue weighted by molar-refractivity contribution is -0.115. The van der Waals surface area contributed by atoms with Gasteiger partial charge in [0, 0.05) is 29.9 Å². The zero-order valence-electron chi connectivity index (χ0n) is 14.6. The number of carbonyl (C=O) groups excluding carboxylic acids is 2. The second kappa shape index (κ2) is 8.26. The predicted molar refractivity (Wildman–Crippen MR) is 94.1 cm³/mol. The van der Waals surface area contributed by atoms with E-state index in [1.807, 2.05) is 20.8 Å².